The van der Waals surface area contributed by atoms with Gasteiger partial charge in [0.05, 0.1) is 5.41 Å². The average molecular weight is 299 g/mol. The largest absolute Gasteiger partial charge is 0.481 e. The molecule has 92 valence electrons. The van der Waals surface area contributed by atoms with Crippen molar-refractivity contribution in [2.24, 2.45) is 5.41 Å². The van der Waals surface area contributed by atoms with Crippen molar-refractivity contribution in [2.75, 3.05) is 13.1 Å². The fourth-order valence-corrected chi connectivity index (χ4v) is 2.73. The number of halogens is 1. The number of carboxylic acid groups (broad SMARTS) is 1. The Morgan fingerprint density at radius 3 is 2.76 bits per heavy atom. The van der Waals surface area contributed by atoms with Crippen molar-refractivity contribution in [1.29, 1.82) is 0 Å². The Bertz CT molecular complexity index is 417. The second-order valence-electron chi connectivity index (χ2n) is 4.52. The summed E-state index contributed by atoms with van der Waals surface area (Å²) in [6, 6.07) is 1.94. The van der Waals surface area contributed by atoms with Crippen LogP contribution in [0.1, 0.15) is 18.4 Å². The molecule has 0 saturated carbocycles. The predicted molar refractivity (Wildman–Crippen MR) is 67.8 cm³/mol. The standard InChI is InChI=1S/C12H15BrN2O2/c13-10-5-9(7-15-8-10)6-12(11(16)17)1-3-14-4-2-12/h5,7-8,14H,1-4,6H2,(H,16,17). The van der Waals surface area contributed by atoms with Gasteiger partial charge in [-0.2, -0.15) is 0 Å². The van der Waals surface area contributed by atoms with E-state index >= 15 is 0 Å². The summed E-state index contributed by atoms with van der Waals surface area (Å²) in [6.45, 7) is 1.54. The van der Waals surface area contributed by atoms with Gasteiger partial charge in [-0.1, -0.05) is 0 Å². The van der Waals surface area contributed by atoms with Crippen LogP contribution in [0, 0.1) is 5.41 Å². The van der Waals surface area contributed by atoms with Gasteiger partial charge in [0.2, 0.25) is 0 Å². The topological polar surface area (TPSA) is 62.2 Å². The van der Waals surface area contributed by atoms with Crippen molar-refractivity contribution in [3.8, 4) is 0 Å². The van der Waals surface area contributed by atoms with Crippen LogP contribution in [0.15, 0.2) is 22.9 Å². The highest BCUT2D eigenvalue weighted by Crippen LogP contribution is 2.33. The number of carboxylic acids is 1. The molecule has 1 aliphatic heterocycles. The number of nitrogens with one attached hydrogen (secondary N) is 1. The number of rotatable bonds is 3. The zero-order chi connectivity index (χ0) is 12.3. The van der Waals surface area contributed by atoms with E-state index in [9.17, 15) is 9.90 Å². The van der Waals surface area contributed by atoms with Crippen LogP contribution in [0.2, 0.25) is 0 Å². The van der Waals surface area contributed by atoms with Crippen LogP contribution in [-0.2, 0) is 11.2 Å². The van der Waals surface area contributed by atoms with Crippen LogP contribution in [0.25, 0.3) is 0 Å². The lowest BCUT2D eigenvalue weighted by atomic mass is 9.74. The van der Waals surface area contributed by atoms with Crippen LogP contribution in [-0.4, -0.2) is 29.1 Å². The first-order valence-electron chi connectivity index (χ1n) is 5.66. The molecule has 1 aromatic rings. The Kier molecular flexibility index (Phi) is 3.79. The van der Waals surface area contributed by atoms with Crippen molar-refractivity contribution >= 4 is 21.9 Å². The first-order chi connectivity index (χ1) is 8.12. The van der Waals surface area contributed by atoms with Crippen LogP contribution in [0.5, 0.6) is 0 Å². The third-order valence-corrected chi connectivity index (χ3v) is 3.75. The molecule has 2 N–H and O–H groups in total. The zero-order valence-electron chi connectivity index (χ0n) is 9.45. The van der Waals surface area contributed by atoms with Crippen LogP contribution in [0.4, 0.5) is 0 Å². The second kappa shape index (κ2) is 5.14. The first kappa shape index (κ1) is 12.5. The molecule has 0 aliphatic carbocycles. The second-order valence-corrected chi connectivity index (χ2v) is 5.44. The van der Waals surface area contributed by atoms with E-state index < -0.39 is 11.4 Å². The number of hydrogen-bond acceptors (Lipinski definition) is 3. The quantitative estimate of drug-likeness (QED) is 0.894. The van der Waals surface area contributed by atoms with E-state index in [1.807, 2.05) is 6.07 Å². The van der Waals surface area contributed by atoms with Crippen LogP contribution >= 0.6 is 15.9 Å². The normalized spacial score (nSPS) is 18.9. The number of pyridine rings is 1. The first-order valence-corrected chi connectivity index (χ1v) is 6.45. The van der Waals surface area contributed by atoms with Gasteiger partial charge in [-0.3, -0.25) is 9.78 Å². The van der Waals surface area contributed by atoms with E-state index in [0.717, 1.165) is 23.1 Å². The third-order valence-electron chi connectivity index (χ3n) is 3.32. The Balaban J connectivity index is 2.20. The van der Waals surface area contributed by atoms with Crippen molar-refractivity contribution in [2.45, 2.75) is 19.3 Å². The lowest BCUT2D eigenvalue weighted by Crippen LogP contribution is -2.43. The number of hydrogen-bond donors (Lipinski definition) is 2. The van der Waals surface area contributed by atoms with E-state index in [1.165, 1.54) is 0 Å². The molecule has 0 aromatic carbocycles. The molecule has 0 radical (unpaired) electrons. The van der Waals surface area contributed by atoms with Gasteiger partial charge in [0, 0.05) is 16.9 Å². The van der Waals surface area contributed by atoms with Gasteiger partial charge in [-0.25, -0.2) is 0 Å². The Labute approximate surface area is 109 Å². The zero-order valence-corrected chi connectivity index (χ0v) is 11.0. The summed E-state index contributed by atoms with van der Waals surface area (Å²) in [6.07, 6.45) is 5.36. The summed E-state index contributed by atoms with van der Waals surface area (Å²) in [5.74, 6) is -0.695. The SMILES string of the molecule is O=C(O)C1(Cc2cncc(Br)c2)CCNCC1. The van der Waals surface area contributed by atoms with Gasteiger partial charge in [-0.15, -0.1) is 0 Å². The maximum absolute atomic E-state index is 11.5. The molecule has 5 heteroatoms. The average Bonchev–Trinajstić information content (AvgIpc) is 2.30. The summed E-state index contributed by atoms with van der Waals surface area (Å²) in [4.78, 5) is 15.6. The van der Waals surface area contributed by atoms with E-state index in [-0.39, 0.29) is 0 Å². The highest BCUT2D eigenvalue weighted by Gasteiger charge is 2.39. The Hall–Kier alpha value is -0.940. The van der Waals surface area contributed by atoms with E-state index in [1.54, 1.807) is 12.4 Å². The van der Waals surface area contributed by atoms with Gasteiger partial charge < -0.3 is 10.4 Å². The lowest BCUT2D eigenvalue weighted by Gasteiger charge is -2.33. The maximum atomic E-state index is 11.5. The molecule has 0 amide bonds. The smallest absolute Gasteiger partial charge is 0.310 e. The molecule has 4 nitrogen and oxygen atoms in total. The summed E-state index contributed by atoms with van der Waals surface area (Å²) >= 11 is 3.36. The van der Waals surface area contributed by atoms with E-state index in [2.05, 4.69) is 26.2 Å². The third kappa shape index (κ3) is 2.84. The molecule has 1 aliphatic rings. The van der Waals surface area contributed by atoms with Gasteiger partial charge in [-0.05, 0) is 59.9 Å². The van der Waals surface area contributed by atoms with Crippen molar-refractivity contribution in [3.63, 3.8) is 0 Å². The molecule has 17 heavy (non-hydrogen) atoms. The Morgan fingerprint density at radius 2 is 2.18 bits per heavy atom. The number of aromatic nitrogens is 1. The maximum Gasteiger partial charge on any atom is 0.310 e. The molecule has 1 saturated heterocycles. The van der Waals surface area contributed by atoms with Gasteiger partial charge in [0.25, 0.3) is 0 Å². The van der Waals surface area contributed by atoms with Crippen LogP contribution in [0.3, 0.4) is 0 Å². The number of aliphatic carboxylic acids is 1. The van der Waals surface area contributed by atoms with E-state index in [4.69, 9.17) is 0 Å². The fourth-order valence-electron chi connectivity index (χ4n) is 2.31. The minimum Gasteiger partial charge on any atom is -0.481 e. The lowest BCUT2D eigenvalue weighted by molar-refractivity contribution is -0.150. The van der Waals surface area contributed by atoms with Gasteiger partial charge >= 0.3 is 5.97 Å². The van der Waals surface area contributed by atoms with Gasteiger partial charge in [0.15, 0.2) is 0 Å². The molecule has 0 bridgehead atoms. The fraction of sp³-hybridized carbons (Fsp3) is 0.500. The molecule has 0 unspecified atom stereocenters. The molecule has 0 spiro atoms. The highest BCUT2D eigenvalue weighted by atomic mass is 79.9. The molecular weight excluding hydrogens is 284 g/mol. The van der Waals surface area contributed by atoms with Crippen molar-refractivity contribution in [3.05, 3.63) is 28.5 Å². The highest BCUT2D eigenvalue weighted by molar-refractivity contribution is 9.10. The minimum absolute atomic E-state index is 0.552. The minimum atomic E-state index is -0.695. The molecule has 2 rings (SSSR count). The summed E-state index contributed by atoms with van der Waals surface area (Å²) < 4.78 is 0.893. The van der Waals surface area contributed by atoms with Gasteiger partial charge in [0.1, 0.15) is 0 Å². The predicted octanol–water partition coefficient (Wildman–Crippen LogP) is 1.84. The number of nitrogens with zero attached hydrogens (tertiary/aromatic N) is 1. The van der Waals surface area contributed by atoms with Crippen molar-refractivity contribution in [1.82, 2.24) is 10.3 Å². The van der Waals surface area contributed by atoms with Crippen LogP contribution < -0.4 is 5.32 Å². The number of carbonyl (C=O) groups is 1. The van der Waals surface area contributed by atoms with Crippen molar-refractivity contribution < 1.29 is 9.90 Å². The molecule has 1 fully saturated rings. The Morgan fingerprint density at radius 1 is 1.47 bits per heavy atom. The molecule has 1 aromatic heterocycles. The monoisotopic (exact) mass is 298 g/mol. The molecule has 2 heterocycles. The summed E-state index contributed by atoms with van der Waals surface area (Å²) in [5.41, 5.74) is 0.344. The molecule has 0 atom stereocenters. The summed E-state index contributed by atoms with van der Waals surface area (Å²) in [7, 11) is 0. The number of piperidine rings is 1. The molecular formula is C12H15BrN2O2. The van der Waals surface area contributed by atoms with E-state index in [0.29, 0.717) is 19.3 Å². The summed E-state index contributed by atoms with van der Waals surface area (Å²) in [5, 5.41) is 12.7.